The molecule has 0 radical (unpaired) electrons. The smallest absolute Gasteiger partial charge is 0.145 e. The molecule has 0 bridgehead atoms. The van der Waals surface area contributed by atoms with Crippen molar-refractivity contribution in [1.82, 2.24) is 0 Å². The molecule has 1 aromatic carbocycles. The molecular formula is C13H14N2O. The second-order valence-electron chi connectivity index (χ2n) is 3.72. The molecule has 1 aliphatic rings. The van der Waals surface area contributed by atoms with E-state index in [-0.39, 0.29) is 0 Å². The van der Waals surface area contributed by atoms with Crippen molar-refractivity contribution >= 4 is 11.4 Å². The molecule has 0 atom stereocenters. The van der Waals surface area contributed by atoms with Gasteiger partial charge in [-0.05, 0) is 31.5 Å². The summed E-state index contributed by atoms with van der Waals surface area (Å²) in [6.45, 7) is 4.55. The molecule has 0 amide bonds. The predicted octanol–water partition coefficient (Wildman–Crippen LogP) is 2.41. The number of terminal acetylenes is 1. The average Bonchev–Trinajstić information content (AvgIpc) is 2.28. The van der Waals surface area contributed by atoms with E-state index in [9.17, 15) is 0 Å². The van der Waals surface area contributed by atoms with E-state index in [1.807, 2.05) is 26.0 Å². The Bertz CT molecular complexity index is 483. The van der Waals surface area contributed by atoms with Gasteiger partial charge < -0.3 is 4.74 Å². The number of nitrogens with zero attached hydrogens (tertiary/aromatic N) is 1. The molecule has 1 heterocycles. The molecule has 0 unspecified atom stereocenters. The van der Waals surface area contributed by atoms with Gasteiger partial charge in [0, 0.05) is 17.7 Å². The Morgan fingerprint density at radius 1 is 1.56 bits per heavy atom. The second kappa shape index (κ2) is 4.28. The van der Waals surface area contributed by atoms with Crippen molar-refractivity contribution in [2.45, 2.75) is 20.3 Å². The molecule has 1 aromatic rings. The van der Waals surface area contributed by atoms with Crippen LogP contribution in [0.1, 0.15) is 25.0 Å². The molecule has 0 saturated carbocycles. The fraction of sp³-hybridized carbons (Fsp3) is 0.308. The van der Waals surface area contributed by atoms with E-state index in [4.69, 9.17) is 11.2 Å². The van der Waals surface area contributed by atoms with Gasteiger partial charge in [0.2, 0.25) is 0 Å². The lowest BCUT2D eigenvalue weighted by molar-refractivity contribution is 0.341. The van der Waals surface area contributed by atoms with Gasteiger partial charge in [0.05, 0.1) is 6.61 Å². The number of hydrogen-bond donors (Lipinski definition) is 1. The molecule has 0 aromatic heterocycles. The van der Waals surface area contributed by atoms with Gasteiger partial charge in [-0.2, -0.15) is 5.10 Å². The Kier molecular flexibility index (Phi) is 2.82. The highest BCUT2D eigenvalue weighted by molar-refractivity contribution is 5.89. The highest BCUT2D eigenvalue weighted by atomic mass is 16.5. The van der Waals surface area contributed by atoms with E-state index >= 15 is 0 Å². The summed E-state index contributed by atoms with van der Waals surface area (Å²) in [6.07, 6.45) is 6.24. The van der Waals surface area contributed by atoms with Crippen LogP contribution in [-0.4, -0.2) is 12.3 Å². The van der Waals surface area contributed by atoms with Crippen LogP contribution in [0.3, 0.4) is 0 Å². The Morgan fingerprint density at radius 2 is 2.38 bits per heavy atom. The first-order chi connectivity index (χ1) is 7.74. The second-order valence-corrected chi connectivity index (χ2v) is 3.72. The van der Waals surface area contributed by atoms with Crippen LogP contribution in [0, 0.1) is 12.3 Å². The third-order valence-corrected chi connectivity index (χ3v) is 2.46. The Balaban J connectivity index is 2.49. The summed E-state index contributed by atoms with van der Waals surface area (Å²) < 4.78 is 5.55. The summed E-state index contributed by atoms with van der Waals surface area (Å²) in [6, 6.07) is 3.87. The highest BCUT2D eigenvalue weighted by Gasteiger charge is 2.15. The van der Waals surface area contributed by atoms with Gasteiger partial charge in [0.1, 0.15) is 11.4 Å². The molecule has 2 rings (SSSR count). The third kappa shape index (κ3) is 1.87. The van der Waals surface area contributed by atoms with Crippen LogP contribution in [0.25, 0.3) is 0 Å². The monoisotopic (exact) mass is 214 g/mol. The maximum atomic E-state index is 5.55. The molecule has 82 valence electrons. The van der Waals surface area contributed by atoms with Gasteiger partial charge in [-0.3, -0.25) is 5.43 Å². The van der Waals surface area contributed by atoms with Gasteiger partial charge in [-0.15, -0.1) is 6.42 Å². The molecule has 3 heteroatoms. The van der Waals surface area contributed by atoms with E-state index in [2.05, 4.69) is 16.4 Å². The topological polar surface area (TPSA) is 33.6 Å². The first-order valence-corrected chi connectivity index (χ1v) is 5.30. The summed E-state index contributed by atoms with van der Waals surface area (Å²) in [5.41, 5.74) is 6.98. The molecule has 0 aliphatic carbocycles. The molecule has 16 heavy (non-hydrogen) atoms. The minimum atomic E-state index is 0.616. The van der Waals surface area contributed by atoms with Gasteiger partial charge in [0.25, 0.3) is 0 Å². The molecular weight excluding hydrogens is 200 g/mol. The maximum absolute atomic E-state index is 5.55. The zero-order chi connectivity index (χ0) is 11.5. The fourth-order valence-corrected chi connectivity index (χ4v) is 1.76. The number of hydrazone groups is 1. The van der Waals surface area contributed by atoms with E-state index in [1.165, 1.54) is 0 Å². The van der Waals surface area contributed by atoms with Gasteiger partial charge in [0.15, 0.2) is 0 Å². The molecule has 0 spiro atoms. The predicted molar refractivity (Wildman–Crippen MR) is 66.0 cm³/mol. The minimum absolute atomic E-state index is 0.616. The third-order valence-electron chi connectivity index (χ3n) is 2.46. The quantitative estimate of drug-likeness (QED) is 0.767. The normalized spacial score (nSPS) is 13.2. The number of nitrogens with one attached hydrogen (secondary N) is 1. The van der Waals surface area contributed by atoms with Gasteiger partial charge in [-0.1, -0.05) is 5.92 Å². The number of rotatable bonds is 2. The Labute approximate surface area is 95.5 Å². The van der Waals surface area contributed by atoms with Gasteiger partial charge >= 0.3 is 0 Å². The van der Waals surface area contributed by atoms with E-state index < -0.39 is 0 Å². The SMILES string of the molecule is C#Cc1cc2c(c(OCC)c1)NN=C(C)C2. The lowest BCUT2D eigenvalue weighted by atomic mass is 10.0. The largest absolute Gasteiger partial charge is 0.492 e. The van der Waals surface area contributed by atoms with Crippen LogP contribution in [0.15, 0.2) is 17.2 Å². The van der Waals surface area contributed by atoms with Crippen LogP contribution in [0.2, 0.25) is 0 Å². The maximum Gasteiger partial charge on any atom is 0.145 e. The van der Waals surface area contributed by atoms with Crippen molar-refractivity contribution in [3.63, 3.8) is 0 Å². The van der Waals surface area contributed by atoms with Crippen molar-refractivity contribution in [3.05, 3.63) is 23.3 Å². The van der Waals surface area contributed by atoms with Crippen LogP contribution >= 0.6 is 0 Å². The summed E-state index contributed by atoms with van der Waals surface area (Å²) in [4.78, 5) is 0. The first-order valence-electron chi connectivity index (χ1n) is 5.30. The van der Waals surface area contributed by atoms with Crippen molar-refractivity contribution in [1.29, 1.82) is 0 Å². The minimum Gasteiger partial charge on any atom is -0.492 e. The number of hydrogen-bond acceptors (Lipinski definition) is 3. The molecule has 1 N–H and O–H groups in total. The van der Waals surface area contributed by atoms with Crippen molar-refractivity contribution in [2.75, 3.05) is 12.0 Å². The lowest BCUT2D eigenvalue weighted by Gasteiger charge is -2.19. The van der Waals surface area contributed by atoms with E-state index in [0.717, 1.165) is 34.7 Å². The Hall–Kier alpha value is -1.95. The van der Waals surface area contributed by atoms with E-state index in [0.29, 0.717) is 6.61 Å². The van der Waals surface area contributed by atoms with Crippen LogP contribution < -0.4 is 10.2 Å². The number of anilines is 1. The van der Waals surface area contributed by atoms with Gasteiger partial charge in [-0.25, -0.2) is 0 Å². The Morgan fingerprint density at radius 3 is 3.06 bits per heavy atom. The van der Waals surface area contributed by atoms with E-state index in [1.54, 1.807) is 0 Å². The zero-order valence-corrected chi connectivity index (χ0v) is 9.50. The molecule has 0 saturated heterocycles. The van der Waals surface area contributed by atoms with Crippen LogP contribution in [0.4, 0.5) is 5.69 Å². The van der Waals surface area contributed by atoms with Crippen LogP contribution in [-0.2, 0) is 6.42 Å². The van der Waals surface area contributed by atoms with Crippen molar-refractivity contribution < 1.29 is 4.74 Å². The summed E-state index contributed by atoms with van der Waals surface area (Å²) in [7, 11) is 0. The molecule has 0 fully saturated rings. The molecule has 1 aliphatic heterocycles. The average molecular weight is 214 g/mol. The standard InChI is InChI=1S/C13H14N2O/c1-4-10-7-11-6-9(3)14-15-13(11)12(8-10)16-5-2/h1,7-8,15H,5-6H2,2-3H3. The zero-order valence-electron chi connectivity index (χ0n) is 9.50. The number of fused-ring (bicyclic) bond motifs is 1. The lowest BCUT2D eigenvalue weighted by Crippen LogP contribution is -2.12. The first kappa shape index (κ1) is 10.6. The fourth-order valence-electron chi connectivity index (χ4n) is 1.76. The number of ether oxygens (including phenoxy) is 1. The van der Waals surface area contributed by atoms with Crippen molar-refractivity contribution in [3.8, 4) is 18.1 Å². The van der Waals surface area contributed by atoms with Crippen LogP contribution in [0.5, 0.6) is 5.75 Å². The summed E-state index contributed by atoms with van der Waals surface area (Å²) in [5.74, 6) is 3.42. The molecule has 3 nitrogen and oxygen atoms in total. The number of benzene rings is 1. The highest BCUT2D eigenvalue weighted by Crippen LogP contribution is 2.33. The summed E-state index contributed by atoms with van der Waals surface area (Å²) in [5, 5.41) is 4.20. The summed E-state index contributed by atoms with van der Waals surface area (Å²) >= 11 is 0. The van der Waals surface area contributed by atoms with Crippen molar-refractivity contribution in [2.24, 2.45) is 5.10 Å².